The standard InChI is InChI=1S/C23H26N2O3/c1-3-10-16(11-4-2)22(26)25-20-18-14-8-9-15-19(18)28-21(20)23(27)24-17-12-6-5-7-13-17/h5-9,12-16H,3-4,10-11H2,1-2H3,(H,24,27)(H,25,26). The highest BCUT2D eigenvalue weighted by molar-refractivity contribution is 6.14. The van der Waals surface area contributed by atoms with Crippen LogP contribution in [0.25, 0.3) is 11.0 Å². The number of furan rings is 1. The van der Waals surface area contributed by atoms with Gasteiger partial charge in [0.05, 0.1) is 0 Å². The molecule has 0 bridgehead atoms. The van der Waals surface area contributed by atoms with Crippen LogP contribution in [-0.2, 0) is 4.79 Å². The second kappa shape index (κ2) is 9.22. The van der Waals surface area contributed by atoms with Gasteiger partial charge in [0.1, 0.15) is 11.3 Å². The lowest BCUT2D eigenvalue weighted by molar-refractivity contribution is -0.120. The summed E-state index contributed by atoms with van der Waals surface area (Å²) in [4.78, 5) is 25.7. The van der Waals surface area contributed by atoms with Crippen molar-refractivity contribution in [3.05, 3.63) is 60.4 Å². The van der Waals surface area contributed by atoms with Gasteiger partial charge in [-0.1, -0.05) is 57.0 Å². The smallest absolute Gasteiger partial charge is 0.293 e. The summed E-state index contributed by atoms with van der Waals surface area (Å²) in [5.74, 6) is -0.414. The number of nitrogens with one attached hydrogen (secondary N) is 2. The molecule has 0 aliphatic rings. The summed E-state index contributed by atoms with van der Waals surface area (Å²) in [6.45, 7) is 4.14. The van der Waals surface area contributed by atoms with Crippen molar-refractivity contribution < 1.29 is 14.0 Å². The van der Waals surface area contributed by atoms with Crippen LogP contribution in [0.2, 0.25) is 0 Å². The molecule has 5 heteroatoms. The molecule has 0 spiro atoms. The maximum Gasteiger partial charge on any atom is 0.293 e. The summed E-state index contributed by atoms with van der Waals surface area (Å²) in [5, 5.41) is 6.53. The van der Waals surface area contributed by atoms with Crippen molar-refractivity contribution in [3.63, 3.8) is 0 Å². The summed E-state index contributed by atoms with van der Waals surface area (Å²) in [6, 6.07) is 16.5. The zero-order valence-electron chi connectivity index (χ0n) is 16.3. The van der Waals surface area contributed by atoms with Crippen molar-refractivity contribution in [2.45, 2.75) is 39.5 Å². The maximum atomic E-state index is 12.9. The fraction of sp³-hybridized carbons (Fsp3) is 0.304. The third-order valence-electron chi connectivity index (χ3n) is 4.73. The van der Waals surface area contributed by atoms with Gasteiger partial charge in [0.2, 0.25) is 11.7 Å². The van der Waals surface area contributed by atoms with E-state index in [2.05, 4.69) is 24.5 Å². The van der Waals surface area contributed by atoms with E-state index in [-0.39, 0.29) is 23.5 Å². The van der Waals surface area contributed by atoms with Crippen LogP contribution in [0.5, 0.6) is 0 Å². The van der Waals surface area contributed by atoms with Crippen LogP contribution in [0.3, 0.4) is 0 Å². The Morgan fingerprint density at radius 2 is 1.54 bits per heavy atom. The first-order valence-corrected chi connectivity index (χ1v) is 9.82. The number of carbonyl (C=O) groups is 2. The molecule has 0 atom stereocenters. The summed E-state index contributed by atoms with van der Waals surface area (Å²) in [5.41, 5.74) is 1.67. The number of hydrogen-bond donors (Lipinski definition) is 2. The number of fused-ring (bicyclic) bond motifs is 1. The van der Waals surface area contributed by atoms with Crippen molar-refractivity contribution in [3.8, 4) is 0 Å². The Hall–Kier alpha value is -3.08. The average Bonchev–Trinajstić information content (AvgIpc) is 3.07. The van der Waals surface area contributed by atoms with Crippen molar-refractivity contribution >= 4 is 34.2 Å². The molecule has 0 unspecified atom stereocenters. The molecule has 1 aromatic heterocycles. The summed E-state index contributed by atoms with van der Waals surface area (Å²) < 4.78 is 5.81. The highest BCUT2D eigenvalue weighted by atomic mass is 16.3. The van der Waals surface area contributed by atoms with E-state index >= 15 is 0 Å². The number of amides is 2. The van der Waals surface area contributed by atoms with E-state index in [1.165, 1.54) is 0 Å². The summed E-state index contributed by atoms with van der Waals surface area (Å²) in [7, 11) is 0. The minimum atomic E-state index is -0.389. The number of carbonyl (C=O) groups excluding carboxylic acids is 2. The Morgan fingerprint density at radius 1 is 0.893 bits per heavy atom. The molecule has 2 amide bonds. The van der Waals surface area contributed by atoms with Crippen LogP contribution in [0.4, 0.5) is 11.4 Å². The lowest BCUT2D eigenvalue weighted by Gasteiger charge is -2.15. The largest absolute Gasteiger partial charge is 0.449 e. The molecule has 3 rings (SSSR count). The molecule has 0 fully saturated rings. The SMILES string of the molecule is CCCC(CCC)C(=O)Nc1c(C(=O)Nc2ccccc2)oc2ccccc12. The van der Waals surface area contributed by atoms with Crippen molar-refractivity contribution in [1.29, 1.82) is 0 Å². The topological polar surface area (TPSA) is 71.3 Å². The van der Waals surface area contributed by atoms with Gasteiger partial charge in [-0.05, 0) is 37.1 Å². The van der Waals surface area contributed by atoms with Gasteiger partial charge in [-0.25, -0.2) is 0 Å². The van der Waals surface area contributed by atoms with E-state index in [0.29, 0.717) is 17.0 Å². The van der Waals surface area contributed by atoms with E-state index in [1.54, 1.807) is 18.2 Å². The Kier molecular flexibility index (Phi) is 6.48. The van der Waals surface area contributed by atoms with Crippen LogP contribution in [0, 0.1) is 5.92 Å². The van der Waals surface area contributed by atoms with Gasteiger partial charge >= 0.3 is 0 Å². The average molecular weight is 378 g/mol. The second-order valence-electron chi connectivity index (χ2n) is 6.89. The monoisotopic (exact) mass is 378 g/mol. The van der Waals surface area contributed by atoms with E-state index in [4.69, 9.17) is 4.42 Å². The predicted molar refractivity (Wildman–Crippen MR) is 113 cm³/mol. The lowest BCUT2D eigenvalue weighted by atomic mass is 9.97. The molecule has 1 heterocycles. The summed E-state index contributed by atoms with van der Waals surface area (Å²) in [6.07, 6.45) is 3.51. The van der Waals surface area contributed by atoms with Gasteiger partial charge in [-0.15, -0.1) is 0 Å². The molecular formula is C23H26N2O3. The zero-order chi connectivity index (χ0) is 19.9. The zero-order valence-corrected chi connectivity index (χ0v) is 16.3. The molecule has 5 nitrogen and oxygen atoms in total. The lowest BCUT2D eigenvalue weighted by Crippen LogP contribution is -2.24. The van der Waals surface area contributed by atoms with Crippen LogP contribution in [-0.4, -0.2) is 11.8 Å². The number of rotatable bonds is 8. The molecule has 0 aliphatic heterocycles. The Morgan fingerprint density at radius 3 is 2.21 bits per heavy atom. The first-order valence-electron chi connectivity index (χ1n) is 9.82. The summed E-state index contributed by atoms with van der Waals surface area (Å²) >= 11 is 0. The van der Waals surface area contributed by atoms with E-state index < -0.39 is 0 Å². The highest BCUT2D eigenvalue weighted by Gasteiger charge is 2.25. The molecule has 28 heavy (non-hydrogen) atoms. The predicted octanol–water partition coefficient (Wildman–Crippen LogP) is 5.84. The number of anilines is 2. The normalized spacial score (nSPS) is 11.0. The number of hydrogen-bond acceptors (Lipinski definition) is 3. The molecule has 2 N–H and O–H groups in total. The molecule has 2 aromatic carbocycles. The number of benzene rings is 2. The van der Waals surface area contributed by atoms with E-state index in [1.807, 2.05) is 36.4 Å². The van der Waals surface area contributed by atoms with Crippen LogP contribution in [0.15, 0.2) is 59.0 Å². The van der Waals surface area contributed by atoms with Crippen molar-refractivity contribution in [1.82, 2.24) is 0 Å². The third-order valence-corrected chi connectivity index (χ3v) is 4.73. The van der Waals surface area contributed by atoms with Gasteiger partial charge in [-0.3, -0.25) is 9.59 Å². The van der Waals surface area contributed by atoms with E-state index in [0.717, 1.165) is 31.1 Å². The van der Waals surface area contributed by atoms with Gasteiger partial charge in [0.25, 0.3) is 5.91 Å². The molecular weight excluding hydrogens is 352 g/mol. The van der Waals surface area contributed by atoms with Crippen LogP contribution >= 0.6 is 0 Å². The maximum absolute atomic E-state index is 12.9. The van der Waals surface area contributed by atoms with E-state index in [9.17, 15) is 9.59 Å². The van der Waals surface area contributed by atoms with Gasteiger partial charge in [0.15, 0.2) is 0 Å². The molecule has 0 aliphatic carbocycles. The Balaban J connectivity index is 1.92. The molecule has 0 saturated heterocycles. The van der Waals surface area contributed by atoms with Gasteiger partial charge in [-0.2, -0.15) is 0 Å². The van der Waals surface area contributed by atoms with Crippen LogP contribution in [0.1, 0.15) is 50.1 Å². The minimum Gasteiger partial charge on any atom is -0.449 e. The van der Waals surface area contributed by atoms with Crippen LogP contribution < -0.4 is 10.6 Å². The minimum absolute atomic E-state index is 0.0657. The van der Waals surface area contributed by atoms with Crippen molar-refractivity contribution in [2.75, 3.05) is 10.6 Å². The second-order valence-corrected chi connectivity index (χ2v) is 6.89. The molecule has 0 saturated carbocycles. The van der Waals surface area contributed by atoms with Crippen molar-refractivity contribution in [2.24, 2.45) is 5.92 Å². The van der Waals surface area contributed by atoms with Gasteiger partial charge < -0.3 is 15.1 Å². The highest BCUT2D eigenvalue weighted by Crippen LogP contribution is 2.32. The Labute approximate surface area is 165 Å². The Bertz CT molecular complexity index is 941. The quantitative estimate of drug-likeness (QED) is 0.517. The first-order chi connectivity index (χ1) is 13.6. The molecule has 3 aromatic rings. The first kappa shape index (κ1) is 19.7. The fourth-order valence-corrected chi connectivity index (χ4v) is 3.37. The number of para-hydroxylation sites is 2. The van der Waals surface area contributed by atoms with Gasteiger partial charge in [0, 0.05) is 17.0 Å². The fourth-order valence-electron chi connectivity index (χ4n) is 3.37. The molecule has 0 radical (unpaired) electrons. The molecule has 146 valence electrons. The third kappa shape index (κ3) is 4.42.